The Morgan fingerprint density at radius 3 is 2.80 bits per heavy atom. The summed E-state index contributed by atoms with van der Waals surface area (Å²) >= 11 is 5.71. The van der Waals surface area contributed by atoms with E-state index >= 15 is 0 Å². The van der Waals surface area contributed by atoms with E-state index in [2.05, 4.69) is 10.1 Å². The molecule has 0 aliphatic carbocycles. The maximum absolute atomic E-state index is 10.9. The fourth-order valence-electron chi connectivity index (χ4n) is 0.884. The average molecular weight is 231 g/mol. The highest BCUT2D eigenvalue weighted by atomic mass is 35.5. The van der Waals surface area contributed by atoms with E-state index in [0.29, 0.717) is 0 Å². The molecule has 0 aromatic heterocycles. The molecule has 80 valence electrons. The van der Waals surface area contributed by atoms with Crippen LogP contribution in [0.1, 0.15) is 0 Å². The van der Waals surface area contributed by atoms with E-state index in [4.69, 9.17) is 11.6 Å². The Morgan fingerprint density at radius 2 is 2.27 bits per heavy atom. The molecule has 0 saturated heterocycles. The summed E-state index contributed by atoms with van der Waals surface area (Å²) in [5.74, 6) is 0. The number of nitrogens with zero attached hydrogens (tertiary/aromatic N) is 1. The topological polar surface area (TPSA) is 81.5 Å². The summed E-state index contributed by atoms with van der Waals surface area (Å²) < 4.78 is 4.33. The first-order valence-electron chi connectivity index (χ1n) is 3.83. The van der Waals surface area contributed by atoms with Crippen molar-refractivity contribution in [2.24, 2.45) is 0 Å². The lowest BCUT2D eigenvalue weighted by atomic mass is 10.3. The SMILES string of the molecule is COC(=O)Nc1cc([N+](=O)[O-])ccc1Cl. The number of anilines is 1. The van der Waals surface area contributed by atoms with Crippen LogP contribution in [0.15, 0.2) is 18.2 Å². The first-order valence-corrected chi connectivity index (χ1v) is 4.21. The standard InChI is InChI=1S/C8H7ClN2O4/c1-15-8(12)10-7-4-5(11(13)14)2-3-6(7)9/h2-4H,1H3,(H,10,12). The molecular weight excluding hydrogens is 224 g/mol. The van der Waals surface area contributed by atoms with Crippen LogP contribution in [0.2, 0.25) is 5.02 Å². The molecule has 0 unspecified atom stereocenters. The van der Waals surface area contributed by atoms with Crippen LogP contribution in [0.4, 0.5) is 16.2 Å². The van der Waals surface area contributed by atoms with Gasteiger partial charge >= 0.3 is 6.09 Å². The highest BCUT2D eigenvalue weighted by Crippen LogP contribution is 2.26. The fraction of sp³-hybridized carbons (Fsp3) is 0.125. The van der Waals surface area contributed by atoms with E-state index in [9.17, 15) is 14.9 Å². The number of amides is 1. The predicted molar refractivity (Wildman–Crippen MR) is 54.1 cm³/mol. The van der Waals surface area contributed by atoms with Crippen LogP contribution in [0.5, 0.6) is 0 Å². The molecule has 1 aromatic carbocycles. The summed E-state index contributed by atoms with van der Waals surface area (Å²) in [7, 11) is 1.18. The highest BCUT2D eigenvalue weighted by Gasteiger charge is 2.11. The second-order valence-electron chi connectivity index (χ2n) is 2.54. The maximum atomic E-state index is 10.9. The minimum atomic E-state index is -0.739. The average Bonchev–Trinajstić information content (AvgIpc) is 2.20. The Kier molecular flexibility index (Phi) is 3.46. The van der Waals surface area contributed by atoms with Crippen LogP contribution in [-0.4, -0.2) is 18.1 Å². The highest BCUT2D eigenvalue weighted by molar-refractivity contribution is 6.33. The zero-order valence-electron chi connectivity index (χ0n) is 7.69. The first-order chi connectivity index (χ1) is 7.04. The number of benzene rings is 1. The Balaban J connectivity index is 3.00. The summed E-state index contributed by atoms with van der Waals surface area (Å²) in [5.41, 5.74) is -0.0245. The quantitative estimate of drug-likeness (QED) is 0.625. The summed E-state index contributed by atoms with van der Waals surface area (Å²) in [6.07, 6.45) is -0.739. The third-order valence-corrected chi connectivity index (χ3v) is 1.91. The smallest absolute Gasteiger partial charge is 0.411 e. The van der Waals surface area contributed by atoms with E-state index in [0.717, 1.165) is 6.07 Å². The molecule has 0 aliphatic rings. The molecule has 0 atom stereocenters. The summed E-state index contributed by atoms with van der Waals surface area (Å²) in [6.45, 7) is 0. The van der Waals surface area contributed by atoms with Gasteiger partial charge in [0.05, 0.1) is 22.7 Å². The fourth-order valence-corrected chi connectivity index (χ4v) is 1.05. The third kappa shape index (κ3) is 2.81. The molecule has 0 radical (unpaired) electrons. The number of nitro groups is 1. The number of carbonyl (C=O) groups is 1. The lowest BCUT2D eigenvalue weighted by molar-refractivity contribution is -0.384. The Morgan fingerprint density at radius 1 is 1.60 bits per heavy atom. The summed E-state index contributed by atoms with van der Waals surface area (Å²) in [5, 5.41) is 12.9. The number of nitro benzene ring substituents is 1. The zero-order chi connectivity index (χ0) is 11.4. The van der Waals surface area contributed by atoms with Crippen molar-refractivity contribution in [3.8, 4) is 0 Å². The lowest BCUT2D eigenvalue weighted by Gasteiger charge is -2.04. The van der Waals surface area contributed by atoms with Crippen LogP contribution >= 0.6 is 11.6 Å². The van der Waals surface area contributed by atoms with Crippen LogP contribution in [0, 0.1) is 10.1 Å². The van der Waals surface area contributed by atoms with Gasteiger partial charge in [-0.3, -0.25) is 15.4 Å². The Labute approximate surface area is 89.9 Å². The second kappa shape index (κ2) is 4.61. The largest absolute Gasteiger partial charge is 0.453 e. The number of ether oxygens (including phenoxy) is 1. The summed E-state index contributed by atoms with van der Waals surface area (Å²) in [6, 6.07) is 3.72. The molecule has 1 amide bonds. The van der Waals surface area contributed by atoms with E-state index in [1.807, 2.05) is 0 Å². The van der Waals surface area contributed by atoms with E-state index in [1.165, 1.54) is 19.2 Å². The third-order valence-electron chi connectivity index (χ3n) is 1.58. The molecule has 1 N–H and O–H groups in total. The van der Waals surface area contributed by atoms with Crippen molar-refractivity contribution < 1.29 is 14.5 Å². The van der Waals surface area contributed by atoms with Crippen molar-refractivity contribution in [1.29, 1.82) is 0 Å². The van der Waals surface area contributed by atoms with Crippen molar-refractivity contribution in [3.05, 3.63) is 33.3 Å². The molecule has 15 heavy (non-hydrogen) atoms. The Bertz CT molecular complexity index is 408. The molecular formula is C8H7ClN2O4. The molecule has 7 heteroatoms. The molecule has 0 bridgehead atoms. The normalized spacial score (nSPS) is 9.47. The molecule has 0 fully saturated rings. The molecule has 6 nitrogen and oxygen atoms in total. The molecule has 1 rings (SSSR count). The second-order valence-corrected chi connectivity index (χ2v) is 2.95. The zero-order valence-corrected chi connectivity index (χ0v) is 8.45. The lowest BCUT2D eigenvalue weighted by Crippen LogP contribution is -2.11. The summed E-state index contributed by atoms with van der Waals surface area (Å²) in [4.78, 5) is 20.7. The van der Waals surface area contributed by atoms with Gasteiger partial charge < -0.3 is 4.74 Å². The van der Waals surface area contributed by atoms with Gasteiger partial charge in [0.15, 0.2) is 0 Å². The van der Waals surface area contributed by atoms with Crippen LogP contribution in [-0.2, 0) is 4.74 Å². The number of hydrogen-bond acceptors (Lipinski definition) is 4. The van der Waals surface area contributed by atoms with Gasteiger partial charge in [-0.25, -0.2) is 4.79 Å². The van der Waals surface area contributed by atoms with E-state index in [1.54, 1.807) is 0 Å². The van der Waals surface area contributed by atoms with Gasteiger partial charge in [0.2, 0.25) is 0 Å². The molecule has 0 spiro atoms. The number of hydrogen-bond donors (Lipinski definition) is 1. The number of rotatable bonds is 2. The van der Waals surface area contributed by atoms with Crippen molar-refractivity contribution in [2.75, 3.05) is 12.4 Å². The predicted octanol–water partition coefficient (Wildman–Crippen LogP) is 2.43. The van der Waals surface area contributed by atoms with Gasteiger partial charge in [0.25, 0.3) is 5.69 Å². The van der Waals surface area contributed by atoms with E-state index < -0.39 is 11.0 Å². The minimum Gasteiger partial charge on any atom is -0.453 e. The van der Waals surface area contributed by atoms with Gasteiger partial charge in [-0.1, -0.05) is 11.6 Å². The van der Waals surface area contributed by atoms with Gasteiger partial charge in [-0.2, -0.15) is 0 Å². The number of halogens is 1. The number of methoxy groups -OCH3 is 1. The molecule has 0 heterocycles. The van der Waals surface area contributed by atoms with Crippen molar-refractivity contribution in [3.63, 3.8) is 0 Å². The first kappa shape index (κ1) is 11.3. The van der Waals surface area contributed by atoms with Crippen molar-refractivity contribution in [1.82, 2.24) is 0 Å². The number of carbonyl (C=O) groups excluding carboxylic acids is 1. The number of nitrogens with one attached hydrogen (secondary N) is 1. The van der Waals surface area contributed by atoms with Gasteiger partial charge in [-0.15, -0.1) is 0 Å². The van der Waals surface area contributed by atoms with Crippen LogP contribution in [0.3, 0.4) is 0 Å². The van der Waals surface area contributed by atoms with Crippen molar-refractivity contribution in [2.45, 2.75) is 0 Å². The number of non-ortho nitro benzene ring substituents is 1. The van der Waals surface area contributed by atoms with Gasteiger partial charge in [-0.05, 0) is 6.07 Å². The van der Waals surface area contributed by atoms with E-state index in [-0.39, 0.29) is 16.4 Å². The Hall–Kier alpha value is -1.82. The minimum absolute atomic E-state index is 0.137. The van der Waals surface area contributed by atoms with Crippen LogP contribution < -0.4 is 5.32 Å². The van der Waals surface area contributed by atoms with Crippen LogP contribution in [0.25, 0.3) is 0 Å². The van der Waals surface area contributed by atoms with Crippen molar-refractivity contribution >= 4 is 29.1 Å². The molecule has 0 saturated carbocycles. The monoisotopic (exact) mass is 230 g/mol. The maximum Gasteiger partial charge on any atom is 0.411 e. The van der Waals surface area contributed by atoms with Gasteiger partial charge in [0.1, 0.15) is 0 Å². The molecule has 0 aliphatic heterocycles. The van der Waals surface area contributed by atoms with Gasteiger partial charge in [0, 0.05) is 12.1 Å². The molecule has 1 aromatic rings.